The molecule has 1 N–H and O–H groups in total. The maximum absolute atomic E-state index is 12.5. The number of aliphatic hydroxyl groups excluding tert-OH is 1. The molecule has 0 spiro atoms. The van der Waals surface area contributed by atoms with Crippen molar-refractivity contribution in [1.82, 2.24) is 4.90 Å². The van der Waals surface area contributed by atoms with E-state index in [2.05, 4.69) is 12.1 Å². The van der Waals surface area contributed by atoms with Crippen LogP contribution in [-0.4, -0.2) is 41.7 Å². The summed E-state index contributed by atoms with van der Waals surface area (Å²) in [6, 6.07) is 8.26. The molecule has 3 rings (SSSR count). The topological polar surface area (TPSA) is 49.8 Å². The van der Waals surface area contributed by atoms with Gasteiger partial charge in [0.2, 0.25) is 5.91 Å². The zero-order valence-corrected chi connectivity index (χ0v) is 13.2. The van der Waals surface area contributed by atoms with E-state index in [1.807, 2.05) is 24.0 Å². The van der Waals surface area contributed by atoms with Gasteiger partial charge >= 0.3 is 0 Å². The number of rotatable bonds is 3. The number of fused-ring (bicyclic) bond motifs is 1. The van der Waals surface area contributed by atoms with Crippen LogP contribution in [0.5, 0.6) is 0 Å². The van der Waals surface area contributed by atoms with Gasteiger partial charge in [0.05, 0.1) is 25.2 Å². The third-order valence-electron chi connectivity index (χ3n) is 5.03. The van der Waals surface area contributed by atoms with Crippen molar-refractivity contribution in [3.05, 3.63) is 35.4 Å². The highest BCUT2D eigenvalue weighted by molar-refractivity contribution is 5.77. The molecule has 1 fully saturated rings. The quantitative estimate of drug-likeness (QED) is 0.932. The predicted molar refractivity (Wildman–Crippen MR) is 84.4 cm³/mol. The molecule has 2 unspecified atom stereocenters. The second-order valence-electron chi connectivity index (χ2n) is 6.47. The molecule has 2 aliphatic rings. The van der Waals surface area contributed by atoms with E-state index < -0.39 is 0 Å². The van der Waals surface area contributed by atoms with Gasteiger partial charge < -0.3 is 14.7 Å². The molecule has 0 saturated carbocycles. The summed E-state index contributed by atoms with van der Waals surface area (Å²) in [4.78, 5) is 14.5. The second kappa shape index (κ2) is 6.80. The van der Waals surface area contributed by atoms with Gasteiger partial charge in [-0.1, -0.05) is 24.3 Å². The summed E-state index contributed by atoms with van der Waals surface area (Å²) in [5.41, 5.74) is 2.47. The first kappa shape index (κ1) is 15.5. The molecule has 0 aromatic heterocycles. The fourth-order valence-corrected chi connectivity index (χ4v) is 3.56. The van der Waals surface area contributed by atoms with Crippen molar-refractivity contribution in [2.45, 2.75) is 44.8 Å². The van der Waals surface area contributed by atoms with Crippen LogP contribution in [0.1, 0.15) is 43.4 Å². The Morgan fingerprint density at radius 3 is 2.82 bits per heavy atom. The lowest BCUT2D eigenvalue weighted by Gasteiger charge is -2.34. The van der Waals surface area contributed by atoms with Gasteiger partial charge in [0.15, 0.2) is 0 Å². The molecule has 1 aromatic carbocycles. The van der Waals surface area contributed by atoms with Crippen LogP contribution in [0, 0.1) is 5.92 Å². The van der Waals surface area contributed by atoms with Crippen LogP contribution in [0.3, 0.4) is 0 Å². The SMILES string of the molecule is CC(O)C1CCN(C(=O)CC2OCCc3ccccc32)CC1. The lowest BCUT2D eigenvalue weighted by Crippen LogP contribution is -2.41. The molecule has 0 bridgehead atoms. The van der Waals surface area contributed by atoms with E-state index in [0.717, 1.165) is 32.4 Å². The van der Waals surface area contributed by atoms with Crippen LogP contribution in [-0.2, 0) is 16.0 Å². The number of aliphatic hydroxyl groups is 1. The zero-order chi connectivity index (χ0) is 15.5. The smallest absolute Gasteiger partial charge is 0.225 e. The number of amides is 1. The number of piperidine rings is 1. The minimum Gasteiger partial charge on any atom is -0.393 e. The lowest BCUT2D eigenvalue weighted by atomic mass is 9.91. The summed E-state index contributed by atoms with van der Waals surface area (Å²) in [6.45, 7) is 4.04. The first-order chi connectivity index (χ1) is 10.6. The maximum atomic E-state index is 12.5. The monoisotopic (exact) mass is 303 g/mol. The number of ether oxygens (including phenoxy) is 1. The van der Waals surface area contributed by atoms with E-state index in [1.54, 1.807) is 0 Å². The van der Waals surface area contributed by atoms with Gasteiger partial charge in [0.25, 0.3) is 0 Å². The summed E-state index contributed by atoms with van der Waals surface area (Å²) in [5.74, 6) is 0.501. The highest BCUT2D eigenvalue weighted by Crippen LogP contribution is 2.30. The van der Waals surface area contributed by atoms with Crippen molar-refractivity contribution in [3.8, 4) is 0 Å². The van der Waals surface area contributed by atoms with Gasteiger partial charge in [0.1, 0.15) is 0 Å². The second-order valence-corrected chi connectivity index (χ2v) is 6.47. The van der Waals surface area contributed by atoms with E-state index in [9.17, 15) is 9.90 Å². The van der Waals surface area contributed by atoms with Crippen molar-refractivity contribution in [3.63, 3.8) is 0 Å². The molecule has 1 aromatic rings. The molecule has 22 heavy (non-hydrogen) atoms. The normalized spacial score (nSPS) is 23.9. The van der Waals surface area contributed by atoms with E-state index >= 15 is 0 Å². The van der Waals surface area contributed by atoms with Crippen molar-refractivity contribution in [2.75, 3.05) is 19.7 Å². The molecule has 120 valence electrons. The van der Waals surface area contributed by atoms with Gasteiger partial charge in [-0.05, 0) is 43.2 Å². The van der Waals surface area contributed by atoms with Crippen molar-refractivity contribution in [1.29, 1.82) is 0 Å². The Labute approximate surface area is 132 Å². The minimum atomic E-state index is -0.272. The fraction of sp³-hybridized carbons (Fsp3) is 0.611. The molecule has 1 amide bonds. The predicted octanol–water partition coefficient (Wildman–Crippen LogP) is 2.31. The Morgan fingerprint density at radius 1 is 1.36 bits per heavy atom. The van der Waals surface area contributed by atoms with Crippen molar-refractivity contribution >= 4 is 5.91 Å². The van der Waals surface area contributed by atoms with E-state index in [-0.39, 0.29) is 18.1 Å². The summed E-state index contributed by atoms with van der Waals surface area (Å²) < 4.78 is 5.84. The molecule has 2 atom stereocenters. The van der Waals surface area contributed by atoms with Crippen LogP contribution in [0.4, 0.5) is 0 Å². The van der Waals surface area contributed by atoms with Gasteiger partial charge in [-0.15, -0.1) is 0 Å². The van der Waals surface area contributed by atoms with Gasteiger partial charge in [-0.25, -0.2) is 0 Å². The van der Waals surface area contributed by atoms with Crippen LogP contribution in [0.15, 0.2) is 24.3 Å². The van der Waals surface area contributed by atoms with E-state index in [4.69, 9.17) is 4.74 Å². The number of carbonyl (C=O) groups excluding carboxylic acids is 1. The van der Waals surface area contributed by atoms with Crippen molar-refractivity contribution < 1.29 is 14.6 Å². The van der Waals surface area contributed by atoms with E-state index in [0.29, 0.717) is 18.9 Å². The number of hydrogen-bond acceptors (Lipinski definition) is 3. The minimum absolute atomic E-state index is 0.105. The van der Waals surface area contributed by atoms with Crippen molar-refractivity contribution in [2.24, 2.45) is 5.92 Å². The molecule has 4 heteroatoms. The maximum Gasteiger partial charge on any atom is 0.225 e. The summed E-state index contributed by atoms with van der Waals surface area (Å²) in [7, 11) is 0. The highest BCUT2D eigenvalue weighted by atomic mass is 16.5. The molecule has 0 radical (unpaired) electrons. The Kier molecular flexibility index (Phi) is 4.79. The molecule has 2 aliphatic heterocycles. The van der Waals surface area contributed by atoms with Crippen LogP contribution in [0.2, 0.25) is 0 Å². The zero-order valence-electron chi connectivity index (χ0n) is 13.2. The molecule has 2 heterocycles. The highest BCUT2D eigenvalue weighted by Gasteiger charge is 2.29. The Morgan fingerprint density at radius 2 is 2.09 bits per heavy atom. The molecule has 1 saturated heterocycles. The Hall–Kier alpha value is -1.39. The third-order valence-corrected chi connectivity index (χ3v) is 5.03. The summed E-state index contributed by atoms with van der Waals surface area (Å²) >= 11 is 0. The summed E-state index contributed by atoms with van der Waals surface area (Å²) in [5, 5.41) is 9.65. The molecule has 4 nitrogen and oxygen atoms in total. The van der Waals surface area contributed by atoms with Crippen LogP contribution < -0.4 is 0 Å². The first-order valence-electron chi connectivity index (χ1n) is 8.30. The average Bonchev–Trinajstić information content (AvgIpc) is 2.55. The molecule has 0 aliphatic carbocycles. The van der Waals surface area contributed by atoms with E-state index in [1.165, 1.54) is 11.1 Å². The standard InChI is InChI=1S/C18H25NO3/c1-13(20)14-6-9-19(10-7-14)18(21)12-17-16-5-3-2-4-15(16)8-11-22-17/h2-5,13-14,17,20H,6-12H2,1H3. The number of likely N-dealkylation sites (tertiary alicyclic amines) is 1. The number of carbonyl (C=O) groups is 1. The Balaban J connectivity index is 1.59. The third kappa shape index (κ3) is 3.33. The number of hydrogen-bond donors (Lipinski definition) is 1. The number of benzene rings is 1. The van der Waals surface area contributed by atoms with Crippen LogP contribution in [0.25, 0.3) is 0 Å². The fourth-order valence-electron chi connectivity index (χ4n) is 3.56. The Bertz CT molecular complexity index is 521. The molecular weight excluding hydrogens is 278 g/mol. The lowest BCUT2D eigenvalue weighted by molar-refractivity contribution is -0.136. The average molecular weight is 303 g/mol. The largest absolute Gasteiger partial charge is 0.393 e. The van der Waals surface area contributed by atoms with Gasteiger partial charge in [-0.2, -0.15) is 0 Å². The molecular formula is C18H25NO3. The number of nitrogens with zero attached hydrogens (tertiary/aromatic N) is 1. The van der Waals surface area contributed by atoms with Gasteiger partial charge in [0, 0.05) is 13.1 Å². The first-order valence-corrected chi connectivity index (χ1v) is 8.30. The van der Waals surface area contributed by atoms with Gasteiger partial charge in [-0.3, -0.25) is 4.79 Å². The van der Waals surface area contributed by atoms with Crippen LogP contribution >= 0.6 is 0 Å². The summed E-state index contributed by atoms with van der Waals surface area (Å²) in [6.07, 6.45) is 2.77.